The van der Waals surface area contributed by atoms with Gasteiger partial charge in [0.2, 0.25) is 10.0 Å². The molecule has 0 heterocycles. The fraction of sp³-hybridized carbons (Fsp3) is 0.458. The molecule has 0 radical (unpaired) electrons. The zero-order chi connectivity index (χ0) is 22.6. The van der Waals surface area contributed by atoms with E-state index in [1.807, 2.05) is 32.9 Å². The maximum absolute atomic E-state index is 12.7. The molecule has 1 fully saturated rings. The zero-order valence-corrected chi connectivity index (χ0v) is 19.6. The van der Waals surface area contributed by atoms with Gasteiger partial charge in [-0.3, -0.25) is 4.79 Å². The zero-order valence-electron chi connectivity index (χ0n) is 18.7. The second kappa shape index (κ2) is 9.83. The molecule has 0 bridgehead atoms. The highest BCUT2D eigenvalue weighted by molar-refractivity contribution is 7.89. The smallest absolute Gasteiger partial charge is 0.262 e. The first-order chi connectivity index (χ1) is 14.7. The van der Waals surface area contributed by atoms with Crippen LogP contribution in [0.3, 0.4) is 0 Å². The average molecular weight is 445 g/mol. The van der Waals surface area contributed by atoms with Crippen LogP contribution in [0.25, 0.3) is 0 Å². The lowest BCUT2D eigenvalue weighted by molar-refractivity contribution is -0.118. The number of benzene rings is 2. The maximum atomic E-state index is 12.7. The number of ether oxygens (including phenoxy) is 1. The summed E-state index contributed by atoms with van der Waals surface area (Å²) >= 11 is 0. The lowest BCUT2D eigenvalue weighted by Crippen LogP contribution is -2.36. The number of sulfonamides is 1. The van der Waals surface area contributed by atoms with E-state index in [-0.39, 0.29) is 23.5 Å². The van der Waals surface area contributed by atoms with Crippen molar-refractivity contribution < 1.29 is 17.9 Å². The quantitative estimate of drug-likeness (QED) is 0.656. The molecule has 1 amide bonds. The number of hydrogen-bond acceptors (Lipinski definition) is 4. The maximum Gasteiger partial charge on any atom is 0.262 e. The third kappa shape index (κ3) is 6.08. The fourth-order valence-electron chi connectivity index (χ4n) is 4.15. The largest absolute Gasteiger partial charge is 0.483 e. The summed E-state index contributed by atoms with van der Waals surface area (Å²) in [5, 5.41) is 2.91. The van der Waals surface area contributed by atoms with Crippen molar-refractivity contribution in [3.05, 3.63) is 52.6 Å². The van der Waals surface area contributed by atoms with Crippen molar-refractivity contribution in [2.24, 2.45) is 0 Å². The lowest BCUT2D eigenvalue weighted by atomic mass is 9.96. The lowest BCUT2D eigenvalue weighted by Gasteiger charge is -2.22. The van der Waals surface area contributed by atoms with E-state index < -0.39 is 10.0 Å². The van der Waals surface area contributed by atoms with E-state index in [4.69, 9.17) is 4.74 Å². The van der Waals surface area contributed by atoms with Gasteiger partial charge in [0.1, 0.15) is 5.75 Å². The van der Waals surface area contributed by atoms with E-state index in [1.165, 1.54) is 12.5 Å². The van der Waals surface area contributed by atoms with Gasteiger partial charge >= 0.3 is 0 Å². The molecule has 2 N–H and O–H groups in total. The molecule has 0 atom stereocenters. The van der Waals surface area contributed by atoms with Crippen LogP contribution >= 0.6 is 0 Å². The highest BCUT2D eigenvalue weighted by Crippen LogP contribution is 2.25. The van der Waals surface area contributed by atoms with Crippen LogP contribution in [-0.2, 0) is 14.8 Å². The van der Waals surface area contributed by atoms with Gasteiger partial charge in [0.25, 0.3) is 5.91 Å². The number of hydrogen-bond donors (Lipinski definition) is 2. The molecule has 168 valence electrons. The van der Waals surface area contributed by atoms with Crippen LogP contribution in [0, 0.1) is 27.7 Å². The van der Waals surface area contributed by atoms with Gasteiger partial charge in [-0.25, -0.2) is 13.1 Å². The number of rotatable bonds is 7. The van der Waals surface area contributed by atoms with Gasteiger partial charge < -0.3 is 10.1 Å². The molecule has 7 heteroatoms. The summed E-state index contributed by atoms with van der Waals surface area (Å²) in [6.45, 7) is 7.56. The number of aryl methyl sites for hydroxylation is 4. The van der Waals surface area contributed by atoms with Crippen LogP contribution in [0.5, 0.6) is 5.75 Å². The molecule has 1 saturated carbocycles. The van der Waals surface area contributed by atoms with E-state index in [2.05, 4.69) is 10.0 Å². The van der Waals surface area contributed by atoms with Crippen molar-refractivity contribution in [3.63, 3.8) is 0 Å². The van der Waals surface area contributed by atoms with E-state index in [0.717, 1.165) is 48.1 Å². The monoisotopic (exact) mass is 444 g/mol. The van der Waals surface area contributed by atoms with Crippen LogP contribution < -0.4 is 14.8 Å². The summed E-state index contributed by atoms with van der Waals surface area (Å²) in [5.41, 5.74) is 4.62. The average Bonchev–Trinajstić information content (AvgIpc) is 2.70. The molecular weight excluding hydrogens is 412 g/mol. The standard InChI is InChI=1S/C24H32N2O4S/c1-16-12-18(3)24(19(4)13-16)25-23(27)15-30-22-11-10-21(14-17(22)2)31(28,29)26-20-8-6-5-7-9-20/h10-14,20,26H,5-9,15H2,1-4H3,(H,25,27). The first kappa shape index (κ1) is 23.3. The van der Waals surface area contributed by atoms with Gasteiger partial charge in [0.15, 0.2) is 6.61 Å². The van der Waals surface area contributed by atoms with Crippen LogP contribution in [0.15, 0.2) is 35.2 Å². The van der Waals surface area contributed by atoms with E-state index in [1.54, 1.807) is 19.1 Å². The summed E-state index contributed by atoms with van der Waals surface area (Å²) in [7, 11) is -3.57. The topological polar surface area (TPSA) is 84.5 Å². The molecule has 3 rings (SSSR count). The van der Waals surface area contributed by atoms with Crippen molar-refractivity contribution in [1.82, 2.24) is 4.72 Å². The first-order valence-corrected chi connectivity index (χ1v) is 12.3. The molecule has 2 aromatic carbocycles. The molecular formula is C24H32N2O4S. The normalized spacial score (nSPS) is 15.0. The third-order valence-corrected chi connectivity index (χ3v) is 7.20. The molecule has 1 aliphatic rings. The minimum atomic E-state index is -3.57. The second-order valence-corrected chi connectivity index (χ2v) is 10.2. The summed E-state index contributed by atoms with van der Waals surface area (Å²) in [4.78, 5) is 12.6. The first-order valence-electron chi connectivity index (χ1n) is 10.8. The second-order valence-electron chi connectivity index (χ2n) is 8.49. The number of carbonyl (C=O) groups excluding carboxylic acids is 1. The molecule has 0 saturated heterocycles. The summed E-state index contributed by atoms with van der Waals surface area (Å²) in [5.74, 6) is 0.231. The summed E-state index contributed by atoms with van der Waals surface area (Å²) in [6.07, 6.45) is 5.05. The van der Waals surface area contributed by atoms with Gasteiger partial charge in [0, 0.05) is 11.7 Å². The number of amides is 1. The van der Waals surface area contributed by atoms with Gasteiger partial charge in [-0.1, -0.05) is 37.0 Å². The number of nitrogens with one attached hydrogen (secondary N) is 2. The van der Waals surface area contributed by atoms with Gasteiger partial charge in [-0.15, -0.1) is 0 Å². The third-order valence-electron chi connectivity index (χ3n) is 5.68. The van der Waals surface area contributed by atoms with Crippen LogP contribution in [-0.4, -0.2) is 27.0 Å². The Morgan fingerprint density at radius 2 is 1.61 bits per heavy atom. The highest BCUT2D eigenvalue weighted by Gasteiger charge is 2.22. The summed E-state index contributed by atoms with van der Waals surface area (Å²) in [6, 6.07) is 8.78. The minimum absolute atomic E-state index is 0.00682. The Bertz CT molecular complexity index is 1030. The SMILES string of the molecule is Cc1cc(C)c(NC(=O)COc2ccc(S(=O)(=O)NC3CCCCC3)cc2C)c(C)c1. The van der Waals surface area contributed by atoms with E-state index >= 15 is 0 Å². The summed E-state index contributed by atoms with van der Waals surface area (Å²) < 4.78 is 33.9. The number of carbonyl (C=O) groups is 1. The molecule has 2 aromatic rings. The van der Waals surface area contributed by atoms with Crippen LogP contribution in [0.2, 0.25) is 0 Å². The molecule has 0 aliphatic heterocycles. The van der Waals surface area contributed by atoms with Crippen LogP contribution in [0.1, 0.15) is 54.4 Å². The highest BCUT2D eigenvalue weighted by atomic mass is 32.2. The number of anilines is 1. The molecule has 0 spiro atoms. The Morgan fingerprint density at radius 1 is 0.968 bits per heavy atom. The molecule has 6 nitrogen and oxygen atoms in total. The van der Waals surface area contributed by atoms with E-state index in [9.17, 15) is 13.2 Å². The van der Waals surface area contributed by atoms with Crippen molar-refractivity contribution >= 4 is 21.6 Å². The van der Waals surface area contributed by atoms with Crippen molar-refractivity contribution in [1.29, 1.82) is 0 Å². The Morgan fingerprint density at radius 3 is 2.23 bits per heavy atom. The van der Waals surface area contributed by atoms with E-state index in [0.29, 0.717) is 11.3 Å². The fourth-order valence-corrected chi connectivity index (χ4v) is 5.54. The Kier molecular flexibility index (Phi) is 7.38. The molecule has 1 aliphatic carbocycles. The molecule has 0 aromatic heterocycles. The van der Waals surface area contributed by atoms with Gasteiger partial charge in [-0.05, 0) is 75.4 Å². The molecule has 0 unspecified atom stereocenters. The Balaban J connectivity index is 1.62. The van der Waals surface area contributed by atoms with Crippen molar-refractivity contribution in [3.8, 4) is 5.75 Å². The van der Waals surface area contributed by atoms with Crippen molar-refractivity contribution in [2.75, 3.05) is 11.9 Å². The predicted octanol–water partition coefficient (Wildman–Crippen LogP) is 4.55. The minimum Gasteiger partial charge on any atom is -0.483 e. The van der Waals surface area contributed by atoms with Crippen molar-refractivity contribution in [2.45, 2.75) is 70.7 Å². The van der Waals surface area contributed by atoms with Gasteiger partial charge in [0.05, 0.1) is 4.90 Å². The Labute approximate surface area is 185 Å². The van der Waals surface area contributed by atoms with Gasteiger partial charge in [-0.2, -0.15) is 0 Å². The van der Waals surface area contributed by atoms with Crippen LogP contribution in [0.4, 0.5) is 5.69 Å². The Hall–Kier alpha value is -2.38. The molecule has 31 heavy (non-hydrogen) atoms. The predicted molar refractivity (Wildman–Crippen MR) is 123 cm³/mol.